The first-order chi connectivity index (χ1) is 12.6. The fourth-order valence-electron chi connectivity index (χ4n) is 4.37. The number of amides is 3. The van der Waals surface area contributed by atoms with Crippen LogP contribution in [-0.4, -0.2) is 71.9 Å². The Morgan fingerprint density at radius 1 is 1.22 bits per heavy atom. The molecule has 3 aliphatic rings. The summed E-state index contributed by atoms with van der Waals surface area (Å²) in [6, 6.07) is 2.47. The molecule has 2 atom stereocenters. The van der Waals surface area contributed by atoms with E-state index < -0.39 is 0 Å². The van der Waals surface area contributed by atoms with E-state index >= 15 is 0 Å². The molecule has 0 radical (unpaired) electrons. The number of nitrogens with zero attached hydrogens (tertiary/aromatic N) is 3. The molecule has 2 fully saturated rings. The third-order valence-electron chi connectivity index (χ3n) is 5.90. The molecule has 0 saturated carbocycles. The molecular formula is C19H29ClN4O2S. The molecule has 1 N–H and O–H groups in total. The van der Waals surface area contributed by atoms with E-state index in [0.717, 1.165) is 52.0 Å². The molecule has 2 saturated heterocycles. The van der Waals surface area contributed by atoms with Crippen LogP contribution in [0.3, 0.4) is 0 Å². The van der Waals surface area contributed by atoms with Crippen molar-refractivity contribution in [1.29, 1.82) is 0 Å². The van der Waals surface area contributed by atoms with Crippen LogP contribution in [-0.2, 0) is 17.8 Å². The third kappa shape index (κ3) is 4.25. The molecule has 1 aromatic rings. The second-order valence-corrected chi connectivity index (χ2v) is 8.69. The maximum atomic E-state index is 13.0. The molecule has 0 aromatic carbocycles. The normalized spacial score (nSPS) is 25.6. The van der Waals surface area contributed by atoms with Crippen molar-refractivity contribution in [2.75, 3.05) is 39.3 Å². The second kappa shape index (κ2) is 8.80. The molecular weight excluding hydrogens is 384 g/mol. The van der Waals surface area contributed by atoms with Gasteiger partial charge in [0.15, 0.2) is 0 Å². The average molecular weight is 413 g/mol. The van der Waals surface area contributed by atoms with Crippen LogP contribution in [0.1, 0.15) is 30.2 Å². The summed E-state index contributed by atoms with van der Waals surface area (Å²) in [5.41, 5.74) is 1.29. The van der Waals surface area contributed by atoms with Crippen molar-refractivity contribution in [3.63, 3.8) is 0 Å². The standard InChI is InChI=1S/C19H28N4O2S.ClH/c1-14-11-20-6-9-23(14)18(24)16-3-2-7-21(13-16)19(25)22-8-4-17-15(12-22)5-10-26-17;/h5,10,14,16,20H,2-4,6-9,11-13H2,1H3;1H/t14-,16?;/m1./s1. The lowest BCUT2D eigenvalue weighted by Crippen LogP contribution is -2.56. The van der Waals surface area contributed by atoms with Crippen LogP contribution in [0.5, 0.6) is 0 Å². The minimum atomic E-state index is -0.0465. The van der Waals surface area contributed by atoms with Crippen molar-refractivity contribution in [1.82, 2.24) is 20.0 Å². The molecule has 1 unspecified atom stereocenters. The van der Waals surface area contributed by atoms with E-state index in [2.05, 4.69) is 23.7 Å². The fourth-order valence-corrected chi connectivity index (χ4v) is 5.26. The molecule has 6 nitrogen and oxygen atoms in total. The largest absolute Gasteiger partial charge is 0.337 e. The first kappa shape index (κ1) is 20.4. The number of rotatable bonds is 1. The Morgan fingerprint density at radius 2 is 2.07 bits per heavy atom. The summed E-state index contributed by atoms with van der Waals surface area (Å²) in [5.74, 6) is 0.185. The van der Waals surface area contributed by atoms with Gasteiger partial charge in [0.2, 0.25) is 5.91 Å². The predicted octanol–water partition coefficient (Wildman–Crippen LogP) is 2.18. The summed E-state index contributed by atoms with van der Waals surface area (Å²) in [6.45, 7) is 7.44. The molecule has 0 aliphatic carbocycles. The maximum Gasteiger partial charge on any atom is 0.320 e. The average Bonchev–Trinajstić information content (AvgIpc) is 3.15. The highest BCUT2D eigenvalue weighted by molar-refractivity contribution is 7.10. The summed E-state index contributed by atoms with van der Waals surface area (Å²) >= 11 is 1.79. The van der Waals surface area contributed by atoms with Crippen molar-refractivity contribution >= 4 is 35.7 Å². The van der Waals surface area contributed by atoms with Gasteiger partial charge in [0.05, 0.1) is 5.92 Å². The molecule has 27 heavy (non-hydrogen) atoms. The lowest BCUT2D eigenvalue weighted by Gasteiger charge is -2.41. The molecule has 0 spiro atoms. The number of hydrogen-bond acceptors (Lipinski definition) is 4. The number of hydrogen-bond donors (Lipinski definition) is 1. The van der Waals surface area contributed by atoms with Gasteiger partial charge in [0, 0.05) is 56.7 Å². The number of piperazine rings is 1. The number of urea groups is 1. The number of carbonyl (C=O) groups excluding carboxylic acids is 2. The lowest BCUT2D eigenvalue weighted by molar-refractivity contribution is -0.139. The minimum Gasteiger partial charge on any atom is -0.337 e. The fraction of sp³-hybridized carbons (Fsp3) is 0.684. The summed E-state index contributed by atoms with van der Waals surface area (Å²) < 4.78 is 0. The lowest BCUT2D eigenvalue weighted by atomic mass is 9.95. The zero-order valence-electron chi connectivity index (χ0n) is 15.9. The quantitative estimate of drug-likeness (QED) is 0.769. The van der Waals surface area contributed by atoms with E-state index in [0.29, 0.717) is 13.1 Å². The highest BCUT2D eigenvalue weighted by Gasteiger charge is 2.35. The van der Waals surface area contributed by atoms with Gasteiger partial charge in [0.25, 0.3) is 0 Å². The summed E-state index contributed by atoms with van der Waals surface area (Å²) in [6.07, 6.45) is 2.77. The molecule has 3 amide bonds. The van der Waals surface area contributed by atoms with Gasteiger partial charge in [-0.2, -0.15) is 0 Å². The third-order valence-corrected chi connectivity index (χ3v) is 6.93. The summed E-state index contributed by atoms with van der Waals surface area (Å²) in [5, 5.41) is 5.45. The maximum absolute atomic E-state index is 13.0. The van der Waals surface area contributed by atoms with Crippen LogP contribution in [0.25, 0.3) is 0 Å². The van der Waals surface area contributed by atoms with Crippen LogP contribution >= 0.6 is 23.7 Å². The van der Waals surface area contributed by atoms with Crippen LogP contribution in [0, 0.1) is 5.92 Å². The zero-order valence-corrected chi connectivity index (χ0v) is 17.5. The van der Waals surface area contributed by atoms with Crippen molar-refractivity contribution in [3.8, 4) is 0 Å². The van der Waals surface area contributed by atoms with Crippen LogP contribution < -0.4 is 5.32 Å². The van der Waals surface area contributed by atoms with Crippen molar-refractivity contribution in [2.45, 2.75) is 38.8 Å². The topological polar surface area (TPSA) is 55.9 Å². The molecule has 8 heteroatoms. The van der Waals surface area contributed by atoms with Crippen molar-refractivity contribution in [2.24, 2.45) is 5.92 Å². The van der Waals surface area contributed by atoms with Crippen LogP contribution in [0.15, 0.2) is 11.4 Å². The van der Waals surface area contributed by atoms with Crippen molar-refractivity contribution < 1.29 is 9.59 Å². The van der Waals surface area contributed by atoms with Gasteiger partial charge >= 0.3 is 6.03 Å². The molecule has 3 aliphatic heterocycles. The molecule has 4 heterocycles. The van der Waals surface area contributed by atoms with Gasteiger partial charge in [-0.25, -0.2) is 4.79 Å². The highest BCUT2D eigenvalue weighted by Crippen LogP contribution is 2.26. The monoisotopic (exact) mass is 412 g/mol. The van der Waals surface area contributed by atoms with Gasteiger partial charge in [-0.15, -0.1) is 23.7 Å². The smallest absolute Gasteiger partial charge is 0.320 e. The highest BCUT2D eigenvalue weighted by atomic mass is 35.5. The van der Waals surface area contributed by atoms with Crippen LogP contribution in [0.4, 0.5) is 4.79 Å². The van der Waals surface area contributed by atoms with E-state index in [1.54, 1.807) is 11.3 Å². The van der Waals surface area contributed by atoms with Gasteiger partial charge in [0.1, 0.15) is 0 Å². The number of likely N-dealkylation sites (tertiary alicyclic amines) is 1. The summed E-state index contributed by atoms with van der Waals surface area (Å²) in [4.78, 5) is 33.3. The molecule has 1 aromatic heterocycles. The minimum absolute atomic E-state index is 0. The van der Waals surface area contributed by atoms with Crippen molar-refractivity contribution in [3.05, 3.63) is 21.9 Å². The SMILES string of the molecule is C[C@@H]1CNCCN1C(=O)C1CCCN(C(=O)N2CCc3sccc3C2)C1.Cl. The Labute approximate surface area is 171 Å². The van der Waals surface area contributed by atoms with Gasteiger partial charge in [-0.3, -0.25) is 4.79 Å². The van der Waals surface area contributed by atoms with E-state index in [1.807, 2.05) is 14.7 Å². The number of thiophene rings is 1. The summed E-state index contributed by atoms with van der Waals surface area (Å²) in [7, 11) is 0. The van der Waals surface area contributed by atoms with E-state index in [-0.39, 0.29) is 36.3 Å². The molecule has 4 rings (SSSR count). The van der Waals surface area contributed by atoms with E-state index in [9.17, 15) is 9.59 Å². The van der Waals surface area contributed by atoms with E-state index in [4.69, 9.17) is 0 Å². The Bertz CT molecular complexity index is 682. The number of halogens is 1. The number of carbonyl (C=O) groups is 2. The van der Waals surface area contributed by atoms with Gasteiger partial charge in [-0.1, -0.05) is 0 Å². The number of piperidine rings is 1. The number of nitrogens with one attached hydrogen (secondary N) is 1. The Kier molecular flexibility index (Phi) is 6.65. The molecule has 0 bridgehead atoms. The van der Waals surface area contributed by atoms with Gasteiger partial charge < -0.3 is 20.0 Å². The zero-order chi connectivity index (χ0) is 18.1. The molecule has 150 valence electrons. The van der Waals surface area contributed by atoms with E-state index in [1.165, 1.54) is 10.4 Å². The Hall–Kier alpha value is -1.31. The second-order valence-electron chi connectivity index (χ2n) is 7.69. The first-order valence-electron chi connectivity index (χ1n) is 9.74. The first-order valence-corrected chi connectivity index (χ1v) is 10.6. The van der Waals surface area contributed by atoms with Crippen LogP contribution in [0.2, 0.25) is 0 Å². The predicted molar refractivity (Wildman–Crippen MR) is 109 cm³/mol. The number of fused-ring (bicyclic) bond motifs is 1. The Morgan fingerprint density at radius 3 is 2.89 bits per heavy atom. The van der Waals surface area contributed by atoms with Gasteiger partial charge in [-0.05, 0) is 43.2 Å². The Balaban J connectivity index is 0.00000210.